The third-order valence-corrected chi connectivity index (χ3v) is 8.93. The average Bonchev–Trinajstić information content (AvgIpc) is 3.54. The molecule has 2 saturated carbocycles. The topological polar surface area (TPSA) is 0 Å². The molecule has 2 aliphatic rings. The number of benzene rings is 4. The predicted octanol–water partition coefficient (Wildman–Crippen LogP) is 9.46. The summed E-state index contributed by atoms with van der Waals surface area (Å²) in [6.45, 7) is 0. The summed E-state index contributed by atoms with van der Waals surface area (Å²) < 4.78 is 0. The Balaban J connectivity index is 1.57. The molecule has 0 amide bonds. The highest BCUT2D eigenvalue weighted by Gasteiger charge is 2.25. The number of hydrogen-bond acceptors (Lipinski definition) is 1. The lowest BCUT2D eigenvalue weighted by atomic mass is 9.94. The maximum absolute atomic E-state index is 2.45. The summed E-state index contributed by atoms with van der Waals surface area (Å²) in [6, 6.07) is 27.6. The Morgan fingerprint density at radius 3 is 1.35 bits per heavy atom. The Labute approximate surface area is 190 Å². The molecule has 2 aliphatic carbocycles. The Morgan fingerprint density at radius 2 is 0.903 bits per heavy atom. The normalized spacial score (nSPS) is 17.8. The van der Waals surface area contributed by atoms with Crippen LogP contribution in [-0.2, 0) is 0 Å². The van der Waals surface area contributed by atoms with Crippen molar-refractivity contribution in [3.05, 3.63) is 83.9 Å². The van der Waals surface area contributed by atoms with E-state index in [0.29, 0.717) is 0 Å². The van der Waals surface area contributed by atoms with E-state index < -0.39 is 0 Å². The van der Waals surface area contributed by atoms with Crippen molar-refractivity contribution >= 4 is 33.3 Å². The molecular weight excluding hydrogens is 392 g/mol. The van der Waals surface area contributed by atoms with Crippen LogP contribution in [0.15, 0.2) is 82.6 Å². The van der Waals surface area contributed by atoms with Crippen molar-refractivity contribution < 1.29 is 0 Å². The van der Waals surface area contributed by atoms with Crippen LogP contribution < -0.4 is 0 Å². The molecule has 1 heteroatoms. The van der Waals surface area contributed by atoms with Crippen LogP contribution in [0.1, 0.15) is 74.3 Å². The molecule has 6 rings (SSSR count). The first-order valence-corrected chi connectivity index (χ1v) is 12.9. The van der Waals surface area contributed by atoms with Crippen LogP contribution in [0.5, 0.6) is 0 Å². The van der Waals surface area contributed by atoms with E-state index in [2.05, 4.69) is 84.6 Å². The van der Waals surface area contributed by atoms with E-state index in [4.69, 9.17) is 0 Å². The molecule has 0 spiro atoms. The van der Waals surface area contributed by atoms with Crippen molar-refractivity contribution in [1.82, 2.24) is 0 Å². The monoisotopic (exact) mass is 422 g/mol. The summed E-state index contributed by atoms with van der Waals surface area (Å²) in [5.74, 6) is 1.44. The molecular formula is C30H30S. The van der Waals surface area contributed by atoms with Gasteiger partial charge in [0.2, 0.25) is 0 Å². The van der Waals surface area contributed by atoms with Gasteiger partial charge < -0.3 is 0 Å². The molecule has 156 valence electrons. The lowest BCUT2D eigenvalue weighted by Gasteiger charge is -2.22. The molecule has 31 heavy (non-hydrogen) atoms. The van der Waals surface area contributed by atoms with Crippen LogP contribution >= 0.6 is 11.8 Å². The minimum Gasteiger partial charge on any atom is -0.0882 e. The smallest absolute Gasteiger partial charge is 0.0236 e. The van der Waals surface area contributed by atoms with Gasteiger partial charge >= 0.3 is 0 Å². The van der Waals surface area contributed by atoms with E-state index in [-0.39, 0.29) is 0 Å². The summed E-state index contributed by atoms with van der Waals surface area (Å²) in [5.41, 5.74) is 3.18. The quantitative estimate of drug-likeness (QED) is 0.315. The van der Waals surface area contributed by atoms with Gasteiger partial charge in [-0.1, -0.05) is 110 Å². The van der Waals surface area contributed by atoms with Crippen molar-refractivity contribution in [2.75, 3.05) is 0 Å². The van der Waals surface area contributed by atoms with Crippen molar-refractivity contribution in [1.29, 1.82) is 0 Å². The van der Waals surface area contributed by atoms with Crippen LogP contribution in [0.4, 0.5) is 0 Å². The van der Waals surface area contributed by atoms with Gasteiger partial charge in [-0.25, -0.2) is 0 Å². The zero-order valence-electron chi connectivity index (χ0n) is 18.1. The highest BCUT2D eigenvalue weighted by atomic mass is 32.2. The van der Waals surface area contributed by atoms with Gasteiger partial charge in [0.15, 0.2) is 0 Å². The third kappa shape index (κ3) is 3.57. The fourth-order valence-corrected chi connectivity index (χ4v) is 7.47. The van der Waals surface area contributed by atoms with Gasteiger partial charge in [0, 0.05) is 9.79 Å². The van der Waals surface area contributed by atoms with Crippen molar-refractivity contribution in [3.8, 4) is 0 Å². The van der Waals surface area contributed by atoms with E-state index in [1.54, 1.807) is 11.1 Å². The lowest BCUT2D eigenvalue weighted by molar-refractivity contribution is 0.707. The summed E-state index contributed by atoms with van der Waals surface area (Å²) >= 11 is 2.07. The Kier molecular flexibility index (Phi) is 5.24. The second-order valence-corrected chi connectivity index (χ2v) is 10.5. The largest absolute Gasteiger partial charge is 0.0882 e. The molecule has 0 unspecified atom stereocenters. The molecule has 0 aliphatic heterocycles. The van der Waals surface area contributed by atoms with E-state index in [1.807, 2.05) is 0 Å². The Bertz CT molecular complexity index is 1130. The highest BCUT2D eigenvalue weighted by Crippen LogP contribution is 2.49. The van der Waals surface area contributed by atoms with Gasteiger partial charge in [-0.05, 0) is 70.2 Å². The van der Waals surface area contributed by atoms with E-state index >= 15 is 0 Å². The second kappa shape index (κ2) is 8.36. The van der Waals surface area contributed by atoms with Gasteiger partial charge in [-0.3, -0.25) is 0 Å². The molecule has 0 N–H and O–H groups in total. The van der Waals surface area contributed by atoms with Crippen molar-refractivity contribution in [2.24, 2.45) is 0 Å². The van der Waals surface area contributed by atoms with E-state index in [9.17, 15) is 0 Å². The third-order valence-electron chi connectivity index (χ3n) is 7.61. The standard InChI is InChI=1S/C30H30S/c1-2-10-21(9-1)27-19-17-23-13-5-7-15-25(23)29(27)31-30-26-16-8-6-14-24(26)18-20-28(30)22-11-3-4-12-22/h5-8,13-22H,1-4,9-12H2. The molecule has 0 heterocycles. The van der Waals surface area contributed by atoms with Gasteiger partial charge in [0.1, 0.15) is 0 Å². The average molecular weight is 423 g/mol. The first kappa shape index (κ1) is 19.4. The maximum Gasteiger partial charge on any atom is 0.0236 e. The second-order valence-electron chi connectivity index (χ2n) is 9.47. The number of rotatable bonds is 4. The molecule has 4 aromatic rings. The summed E-state index contributed by atoms with van der Waals surface area (Å²) in [5, 5.41) is 5.60. The summed E-state index contributed by atoms with van der Waals surface area (Å²) in [6.07, 6.45) is 10.9. The molecule has 0 radical (unpaired) electrons. The maximum atomic E-state index is 2.45. The first-order valence-electron chi connectivity index (χ1n) is 12.1. The van der Waals surface area contributed by atoms with Gasteiger partial charge in [-0.2, -0.15) is 0 Å². The SMILES string of the molecule is c1ccc2c(Sc3c(C4CCCC4)ccc4ccccc34)c(C3CCCC3)ccc2c1. The zero-order valence-corrected chi connectivity index (χ0v) is 19.0. The Hall–Kier alpha value is -2.25. The zero-order chi connectivity index (χ0) is 20.6. The molecule has 0 nitrogen and oxygen atoms in total. The van der Waals surface area contributed by atoms with Crippen molar-refractivity contribution in [3.63, 3.8) is 0 Å². The Morgan fingerprint density at radius 1 is 0.484 bits per heavy atom. The van der Waals surface area contributed by atoms with Gasteiger partial charge in [0.05, 0.1) is 0 Å². The van der Waals surface area contributed by atoms with Crippen LogP contribution in [0.25, 0.3) is 21.5 Å². The minimum atomic E-state index is 0.719. The molecule has 0 saturated heterocycles. The summed E-state index contributed by atoms with van der Waals surface area (Å²) in [4.78, 5) is 3.03. The molecule has 0 aromatic heterocycles. The van der Waals surface area contributed by atoms with Crippen LogP contribution in [-0.4, -0.2) is 0 Å². The number of fused-ring (bicyclic) bond motifs is 2. The fraction of sp³-hybridized carbons (Fsp3) is 0.333. The lowest BCUT2D eigenvalue weighted by Crippen LogP contribution is -1.99. The van der Waals surface area contributed by atoms with E-state index in [0.717, 1.165) is 11.8 Å². The van der Waals surface area contributed by atoms with Crippen LogP contribution in [0, 0.1) is 0 Å². The molecule has 0 bridgehead atoms. The van der Waals surface area contributed by atoms with Gasteiger partial charge in [0.25, 0.3) is 0 Å². The molecule has 0 atom stereocenters. The fourth-order valence-electron chi connectivity index (χ4n) is 5.97. The van der Waals surface area contributed by atoms with Crippen molar-refractivity contribution in [2.45, 2.75) is 73.0 Å². The van der Waals surface area contributed by atoms with E-state index in [1.165, 1.54) is 82.7 Å². The van der Waals surface area contributed by atoms with Crippen LogP contribution in [0.3, 0.4) is 0 Å². The molecule has 2 fully saturated rings. The molecule has 4 aromatic carbocycles. The first-order chi connectivity index (χ1) is 15.4. The highest BCUT2D eigenvalue weighted by molar-refractivity contribution is 8.00. The predicted molar refractivity (Wildman–Crippen MR) is 134 cm³/mol. The van der Waals surface area contributed by atoms with Gasteiger partial charge in [-0.15, -0.1) is 0 Å². The minimum absolute atomic E-state index is 0.719. The van der Waals surface area contributed by atoms with Crippen LogP contribution in [0.2, 0.25) is 0 Å². The number of hydrogen-bond donors (Lipinski definition) is 0. The summed E-state index contributed by atoms with van der Waals surface area (Å²) in [7, 11) is 0.